The Morgan fingerprint density at radius 2 is 1.85 bits per heavy atom. The second kappa shape index (κ2) is 6.55. The summed E-state index contributed by atoms with van der Waals surface area (Å²) in [6.45, 7) is 3.12. The summed E-state index contributed by atoms with van der Waals surface area (Å²) in [4.78, 5) is 25.3. The first-order valence-corrected chi connectivity index (χ1v) is 7.20. The first-order chi connectivity index (χ1) is 9.63. The molecular weight excluding hydrogens is 254 g/mol. The van der Waals surface area contributed by atoms with E-state index in [4.69, 9.17) is 5.11 Å². The van der Waals surface area contributed by atoms with Crippen LogP contribution in [0.15, 0.2) is 30.3 Å². The lowest BCUT2D eigenvalue weighted by atomic mass is 9.92. The van der Waals surface area contributed by atoms with E-state index in [1.807, 2.05) is 42.2 Å². The Morgan fingerprint density at radius 1 is 1.25 bits per heavy atom. The number of carboxylic acids is 1. The second-order valence-corrected chi connectivity index (χ2v) is 5.31. The van der Waals surface area contributed by atoms with E-state index in [1.165, 1.54) is 0 Å². The molecule has 0 aliphatic carbocycles. The number of carbonyl (C=O) groups is 2. The Kier molecular flexibility index (Phi) is 4.77. The zero-order valence-electron chi connectivity index (χ0n) is 11.8. The third-order valence-electron chi connectivity index (χ3n) is 4.06. The highest BCUT2D eigenvalue weighted by molar-refractivity contribution is 5.84. The molecule has 0 unspecified atom stereocenters. The van der Waals surface area contributed by atoms with Crippen molar-refractivity contribution in [2.24, 2.45) is 5.92 Å². The SMILES string of the molecule is CC[C@@H](C(=O)N1CCC(C(=O)O)CC1)c1ccccc1. The number of hydrogen-bond acceptors (Lipinski definition) is 2. The fraction of sp³-hybridized carbons (Fsp3) is 0.500. The molecule has 0 saturated carbocycles. The van der Waals surface area contributed by atoms with Crippen molar-refractivity contribution in [1.29, 1.82) is 0 Å². The zero-order valence-corrected chi connectivity index (χ0v) is 11.8. The van der Waals surface area contributed by atoms with Crippen molar-refractivity contribution >= 4 is 11.9 Å². The molecule has 1 aliphatic heterocycles. The van der Waals surface area contributed by atoms with Gasteiger partial charge in [0, 0.05) is 13.1 Å². The highest BCUT2D eigenvalue weighted by Gasteiger charge is 2.30. The maximum Gasteiger partial charge on any atom is 0.306 e. The van der Waals surface area contributed by atoms with E-state index in [0.29, 0.717) is 25.9 Å². The predicted molar refractivity (Wildman–Crippen MR) is 76.4 cm³/mol. The fourth-order valence-electron chi connectivity index (χ4n) is 2.81. The standard InChI is InChI=1S/C16H21NO3/c1-2-14(12-6-4-3-5-7-12)15(18)17-10-8-13(9-11-17)16(19)20/h3-7,13-14H,2,8-11H2,1H3,(H,19,20)/t14-/m1/s1. The van der Waals surface area contributed by atoms with Gasteiger partial charge in [-0.25, -0.2) is 0 Å². The molecule has 1 fully saturated rings. The molecule has 1 aromatic rings. The molecule has 0 spiro atoms. The summed E-state index contributed by atoms with van der Waals surface area (Å²) in [6.07, 6.45) is 1.89. The van der Waals surface area contributed by atoms with Gasteiger partial charge in [-0.05, 0) is 24.8 Å². The number of hydrogen-bond donors (Lipinski definition) is 1. The number of piperidine rings is 1. The van der Waals surface area contributed by atoms with Gasteiger partial charge in [0.05, 0.1) is 11.8 Å². The number of nitrogens with zero attached hydrogens (tertiary/aromatic N) is 1. The Balaban J connectivity index is 2.02. The number of carboxylic acid groups (broad SMARTS) is 1. The van der Waals surface area contributed by atoms with Gasteiger partial charge in [0.1, 0.15) is 0 Å². The topological polar surface area (TPSA) is 57.6 Å². The van der Waals surface area contributed by atoms with Crippen LogP contribution in [0.3, 0.4) is 0 Å². The number of amides is 1. The van der Waals surface area contributed by atoms with Crippen molar-refractivity contribution in [3.63, 3.8) is 0 Å². The van der Waals surface area contributed by atoms with Gasteiger partial charge in [-0.15, -0.1) is 0 Å². The van der Waals surface area contributed by atoms with E-state index in [9.17, 15) is 9.59 Å². The Morgan fingerprint density at radius 3 is 2.35 bits per heavy atom. The summed E-state index contributed by atoms with van der Waals surface area (Å²) in [5.74, 6) is -1.02. The van der Waals surface area contributed by atoms with Gasteiger partial charge in [-0.2, -0.15) is 0 Å². The number of likely N-dealkylation sites (tertiary alicyclic amines) is 1. The van der Waals surface area contributed by atoms with E-state index in [1.54, 1.807) is 0 Å². The maximum atomic E-state index is 12.6. The van der Waals surface area contributed by atoms with Gasteiger partial charge in [-0.1, -0.05) is 37.3 Å². The van der Waals surface area contributed by atoms with Crippen LogP contribution in [0.1, 0.15) is 37.7 Å². The lowest BCUT2D eigenvalue weighted by Gasteiger charge is -2.32. The first kappa shape index (κ1) is 14.6. The molecule has 1 aliphatic rings. The molecule has 108 valence electrons. The lowest BCUT2D eigenvalue weighted by Crippen LogP contribution is -2.42. The third kappa shape index (κ3) is 3.18. The van der Waals surface area contributed by atoms with Gasteiger partial charge in [0.2, 0.25) is 5.91 Å². The van der Waals surface area contributed by atoms with Crippen molar-refractivity contribution in [3.8, 4) is 0 Å². The van der Waals surface area contributed by atoms with Crippen molar-refractivity contribution in [2.45, 2.75) is 32.1 Å². The summed E-state index contributed by atoms with van der Waals surface area (Å²) in [7, 11) is 0. The summed E-state index contributed by atoms with van der Waals surface area (Å²) in [6, 6.07) is 9.80. The van der Waals surface area contributed by atoms with Crippen LogP contribution in [0.2, 0.25) is 0 Å². The molecule has 0 aromatic heterocycles. The Bertz CT molecular complexity index is 464. The zero-order chi connectivity index (χ0) is 14.5. The van der Waals surface area contributed by atoms with E-state index in [0.717, 1.165) is 12.0 Å². The fourth-order valence-corrected chi connectivity index (χ4v) is 2.81. The molecule has 1 atom stereocenters. The van der Waals surface area contributed by atoms with Crippen molar-refractivity contribution in [3.05, 3.63) is 35.9 Å². The first-order valence-electron chi connectivity index (χ1n) is 7.20. The van der Waals surface area contributed by atoms with Crippen LogP contribution in [0.5, 0.6) is 0 Å². The van der Waals surface area contributed by atoms with Crippen LogP contribution in [-0.2, 0) is 9.59 Å². The lowest BCUT2D eigenvalue weighted by molar-refractivity contribution is -0.146. The van der Waals surface area contributed by atoms with Crippen molar-refractivity contribution in [1.82, 2.24) is 4.90 Å². The smallest absolute Gasteiger partial charge is 0.306 e. The molecule has 20 heavy (non-hydrogen) atoms. The average molecular weight is 275 g/mol. The van der Waals surface area contributed by atoms with E-state index < -0.39 is 5.97 Å². The molecule has 1 saturated heterocycles. The Labute approximate surface area is 119 Å². The van der Waals surface area contributed by atoms with Crippen molar-refractivity contribution < 1.29 is 14.7 Å². The molecule has 4 heteroatoms. The second-order valence-electron chi connectivity index (χ2n) is 5.31. The molecular formula is C16H21NO3. The minimum Gasteiger partial charge on any atom is -0.481 e. The highest BCUT2D eigenvalue weighted by Crippen LogP contribution is 2.25. The van der Waals surface area contributed by atoms with Gasteiger partial charge < -0.3 is 10.0 Å². The highest BCUT2D eigenvalue weighted by atomic mass is 16.4. The summed E-state index contributed by atoms with van der Waals surface area (Å²) >= 11 is 0. The van der Waals surface area contributed by atoms with Gasteiger partial charge >= 0.3 is 5.97 Å². The number of rotatable bonds is 4. The minimum atomic E-state index is -0.743. The molecule has 1 N–H and O–H groups in total. The quantitative estimate of drug-likeness (QED) is 0.918. The van der Waals surface area contributed by atoms with Crippen LogP contribution in [0.4, 0.5) is 0 Å². The van der Waals surface area contributed by atoms with Crippen LogP contribution >= 0.6 is 0 Å². The number of aliphatic carboxylic acids is 1. The molecule has 1 aromatic carbocycles. The minimum absolute atomic E-state index is 0.113. The monoisotopic (exact) mass is 275 g/mol. The molecule has 1 amide bonds. The average Bonchev–Trinajstić information content (AvgIpc) is 2.49. The van der Waals surface area contributed by atoms with Crippen LogP contribution in [0.25, 0.3) is 0 Å². The van der Waals surface area contributed by atoms with Crippen LogP contribution in [-0.4, -0.2) is 35.0 Å². The normalized spacial score (nSPS) is 17.8. The summed E-state index contributed by atoms with van der Waals surface area (Å²) in [5, 5.41) is 8.99. The van der Waals surface area contributed by atoms with Crippen molar-refractivity contribution in [2.75, 3.05) is 13.1 Å². The number of carbonyl (C=O) groups excluding carboxylic acids is 1. The Hall–Kier alpha value is -1.84. The summed E-state index contributed by atoms with van der Waals surface area (Å²) < 4.78 is 0. The number of benzene rings is 1. The van der Waals surface area contributed by atoms with E-state index in [-0.39, 0.29) is 17.7 Å². The van der Waals surface area contributed by atoms with Gasteiger partial charge in [-0.3, -0.25) is 9.59 Å². The van der Waals surface area contributed by atoms with Crippen LogP contribution in [0, 0.1) is 5.92 Å². The molecule has 1 heterocycles. The van der Waals surface area contributed by atoms with Gasteiger partial charge in [0.25, 0.3) is 0 Å². The molecule has 0 radical (unpaired) electrons. The van der Waals surface area contributed by atoms with E-state index >= 15 is 0 Å². The molecule has 2 rings (SSSR count). The molecule has 4 nitrogen and oxygen atoms in total. The largest absolute Gasteiger partial charge is 0.481 e. The maximum absolute atomic E-state index is 12.6. The van der Waals surface area contributed by atoms with Gasteiger partial charge in [0.15, 0.2) is 0 Å². The summed E-state index contributed by atoms with van der Waals surface area (Å²) in [5.41, 5.74) is 1.04. The predicted octanol–water partition coefficient (Wildman–Crippen LogP) is 2.50. The van der Waals surface area contributed by atoms with E-state index in [2.05, 4.69) is 0 Å². The molecule has 0 bridgehead atoms. The van der Waals surface area contributed by atoms with Crippen LogP contribution < -0.4 is 0 Å². The third-order valence-corrected chi connectivity index (χ3v) is 4.06.